The zero-order valence-corrected chi connectivity index (χ0v) is 13.0. The van der Waals surface area contributed by atoms with E-state index >= 15 is 0 Å². The van der Waals surface area contributed by atoms with Gasteiger partial charge < -0.3 is 0 Å². The van der Waals surface area contributed by atoms with E-state index in [0.717, 1.165) is 21.8 Å². The van der Waals surface area contributed by atoms with Gasteiger partial charge in [0.1, 0.15) is 12.1 Å². The Kier molecular flexibility index (Phi) is 2.74. The highest BCUT2D eigenvalue weighted by Gasteiger charge is 2.15. The number of fused-ring (bicyclic) bond motifs is 3. The van der Waals surface area contributed by atoms with Crippen molar-refractivity contribution in [3.63, 3.8) is 0 Å². The molecule has 0 aliphatic heterocycles. The molecule has 0 radical (unpaired) electrons. The smallest absolute Gasteiger partial charge is 0.179 e. The van der Waals surface area contributed by atoms with Crippen LogP contribution in [0.3, 0.4) is 0 Å². The van der Waals surface area contributed by atoms with Crippen LogP contribution in [0, 0.1) is 5.82 Å². The zero-order chi connectivity index (χ0) is 16.1. The summed E-state index contributed by atoms with van der Waals surface area (Å²) < 4.78 is 16.6. The largest absolute Gasteiger partial charge is 0.264 e. The van der Waals surface area contributed by atoms with E-state index in [1.807, 2.05) is 21.9 Å². The second-order valence-corrected chi connectivity index (χ2v) is 6.16. The quantitative estimate of drug-likeness (QED) is 0.496. The molecule has 24 heavy (non-hydrogen) atoms. The Labute approximate surface area is 138 Å². The van der Waals surface area contributed by atoms with Gasteiger partial charge in [0.25, 0.3) is 0 Å². The predicted molar refractivity (Wildman–Crippen MR) is 88.7 cm³/mol. The lowest BCUT2D eigenvalue weighted by atomic mass is 10.3. The summed E-state index contributed by atoms with van der Waals surface area (Å²) in [6.07, 6.45) is 3.39. The number of halogens is 1. The highest BCUT2D eigenvalue weighted by Crippen LogP contribution is 2.26. The number of hydrogen-bond donors (Lipinski definition) is 0. The monoisotopic (exact) mass is 336 g/mol. The first-order chi connectivity index (χ1) is 11.8. The van der Waals surface area contributed by atoms with Crippen molar-refractivity contribution < 1.29 is 4.39 Å². The minimum absolute atomic E-state index is 0.288. The zero-order valence-electron chi connectivity index (χ0n) is 12.2. The predicted octanol–water partition coefficient (Wildman–Crippen LogP) is 3.33. The molecule has 0 bridgehead atoms. The Morgan fingerprint density at radius 2 is 1.88 bits per heavy atom. The van der Waals surface area contributed by atoms with Gasteiger partial charge in [-0.05, 0) is 35.7 Å². The third kappa shape index (κ3) is 1.86. The van der Waals surface area contributed by atoms with Gasteiger partial charge in [0.05, 0.1) is 22.1 Å². The molecule has 0 amide bonds. The van der Waals surface area contributed by atoms with Crippen molar-refractivity contribution in [2.45, 2.75) is 0 Å². The van der Waals surface area contributed by atoms with E-state index in [2.05, 4.69) is 20.3 Å². The molecule has 0 N–H and O–H groups in total. The van der Waals surface area contributed by atoms with E-state index in [9.17, 15) is 4.39 Å². The van der Waals surface area contributed by atoms with Gasteiger partial charge in [-0.15, -0.1) is 21.5 Å². The molecule has 0 aliphatic carbocycles. The average Bonchev–Trinajstić information content (AvgIpc) is 3.33. The molecule has 0 unspecified atom stereocenters. The van der Waals surface area contributed by atoms with Crippen molar-refractivity contribution in [1.29, 1.82) is 0 Å². The van der Waals surface area contributed by atoms with Gasteiger partial charge in [-0.1, -0.05) is 6.07 Å². The van der Waals surface area contributed by atoms with Crippen LogP contribution in [0.2, 0.25) is 0 Å². The van der Waals surface area contributed by atoms with Crippen molar-refractivity contribution in [1.82, 2.24) is 29.4 Å². The summed E-state index contributed by atoms with van der Waals surface area (Å²) in [5.41, 5.74) is 2.08. The van der Waals surface area contributed by atoms with Crippen LogP contribution in [0.1, 0.15) is 0 Å². The van der Waals surface area contributed by atoms with Crippen LogP contribution in [0.5, 0.6) is 0 Å². The van der Waals surface area contributed by atoms with Crippen LogP contribution in [0.4, 0.5) is 4.39 Å². The molecule has 4 aromatic heterocycles. The van der Waals surface area contributed by atoms with E-state index in [1.165, 1.54) is 12.1 Å². The fraction of sp³-hybridized carbons (Fsp3) is 0. The molecule has 1 aromatic carbocycles. The molecule has 4 heterocycles. The summed E-state index contributed by atoms with van der Waals surface area (Å²) in [5, 5.41) is 15.7. The molecule has 5 aromatic rings. The van der Waals surface area contributed by atoms with Gasteiger partial charge in [0.15, 0.2) is 17.1 Å². The Hall–Kier alpha value is -3.13. The third-order valence-corrected chi connectivity index (χ3v) is 4.65. The van der Waals surface area contributed by atoms with E-state index in [4.69, 9.17) is 0 Å². The van der Waals surface area contributed by atoms with E-state index in [-0.39, 0.29) is 5.82 Å². The van der Waals surface area contributed by atoms with Crippen molar-refractivity contribution in [2.24, 2.45) is 0 Å². The topological polar surface area (TPSA) is 60.9 Å². The van der Waals surface area contributed by atoms with Crippen LogP contribution in [-0.2, 0) is 0 Å². The number of aromatic nitrogens is 6. The first-order valence-electron chi connectivity index (χ1n) is 7.18. The number of nitrogens with zero attached hydrogens (tertiary/aromatic N) is 6. The van der Waals surface area contributed by atoms with E-state index in [1.54, 1.807) is 40.7 Å². The Balaban J connectivity index is 1.74. The maximum Gasteiger partial charge on any atom is 0.179 e. The summed E-state index contributed by atoms with van der Waals surface area (Å²) in [6, 6.07) is 10.1. The van der Waals surface area contributed by atoms with E-state index in [0.29, 0.717) is 11.3 Å². The summed E-state index contributed by atoms with van der Waals surface area (Å²) in [5.74, 6) is 0.465. The summed E-state index contributed by atoms with van der Waals surface area (Å²) in [6.45, 7) is 0. The molecule has 8 heteroatoms. The van der Waals surface area contributed by atoms with E-state index < -0.39 is 0 Å². The third-order valence-electron chi connectivity index (χ3n) is 3.79. The van der Waals surface area contributed by atoms with Gasteiger partial charge in [-0.2, -0.15) is 5.10 Å². The normalized spacial score (nSPS) is 11.5. The lowest BCUT2D eigenvalue weighted by Crippen LogP contribution is -1.99. The van der Waals surface area contributed by atoms with Crippen molar-refractivity contribution in [3.05, 3.63) is 60.1 Å². The number of hydrogen-bond acceptors (Lipinski definition) is 5. The summed E-state index contributed by atoms with van der Waals surface area (Å²) in [7, 11) is 0. The summed E-state index contributed by atoms with van der Waals surface area (Å²) in [4.78, 5) is 5.53. The van der Waals surface area contributed by atoms with Crippen molar-refractivity contribution in [2.75, 3.05) is 0 Å². The highest BCUT2D eigenvalue weighted by atomic mass is 32.1. The van der Waals surface area contributed by atoms with Crippen LogP contribution in [-0.4, -0.2) is 29.4 Å². The number of thiophene rings is 1. The van der Waals surface area contributed by atoms with Gasteiger partial charge in [0.2, 0.25) is 0 Å². The van der Waals surface area contributed by atoms with Crippen LogP contribution >= 0.6 is 11.3 Å². The molecular formula is C16H9FN6S. The van der Waals surface area contributed by atoms with Gasteiger partial charge in [0, 0.05) is 0 Å². The summed E-state index contributed by atoms with van der Waals surface area (Å²) >= 11 is 1.60. The molecule has 5 rings (SSSR count). The van der Waals surface area contributed by atoms with Crippen LogP contribution in [0.25, 0.3) is 33.1 Å². The standard InChI is InChI=1S/C16H9FN6S/c17-10-3-5-11(6-4-10)23-14-12(8-19-23)15-20-21-16(22(15)9-18-14)13-2-1-7-24-13/h1-9H. The molecule has 0 aliphatic rings. The van der Waals surface area contributed by atoms with Crippen LogP contribution < -0.4 is 0 Å². The SMILES string of the molecule is Fc1ccc(-n2ncc3c2ncn2c(-c4cccs4)nnc32)cc1. The van der Waals surface area contributed by atoms with Crippen LogP contribution in [0.15, 0.2) is 54.3 Å². The number of benzene rings is 1. The fourth-order valence-electron chi connectivity index (χ4n) is 2.67. The molecule has 0 fully saturated rings. The Morgan fingerprint density at radius 3 is 2.67 bits per heavy atom. The maximum absolute atomic E-state index is 13.1. The second kappa shape index (κ2) is 4.93. The lowest BCUT2D eigenvalue weighted by Gasteiger charge is -2.03. The molecule has 6 nitrogen and oxygen atoms in total. The molecule has 0 atom stereocenters. The lowest BCUT2D eigenvalue weighted by molar-refractivity contribution is 0.627. The van der Waals surface area contributed by atoms with Gasteiger partial charge in [-0.3, -0.25) is 4.40 Å². The maximum atomic E-state index is 13.1. The molecule has 0 spiro atoms. The molecular weight excluding hydrogens is 327 g/mol. The first-order valence-corrected chi connectivity index (χ1v) is 8.06. The first kappa shape index (κ1) is 13.3. The van der Waals surface area contributed by atoms with Gasteiger partial charge in [-0.25, -0.2) is 14.1 Å². The Morgan fingerprint density at radius 1 is 1.00 bits per heavy atom. The average molecular weight is 336 g/mol. The molecule has 116 valence electrons. The highest BCUT2D eigenvalue weighted by molar-refractivity contribution is 7.13. The Bertz CT molecular complexity index is 1160. The van der Waals surface area contributed by atoms with Crippen molar-refractivity contribution in [3.8, 4) is 16.4 Å². The van der Waals surface area contributed by atoms with Gasteiger partial charge >= 0.3 is 0 Å². The fourth-order valence-corrected chi connectivity index (χ4v) is 3.37. The molecule has 0 saturated carbocycles. The minimum atomic E-state index is -0.288. The van der Waals surface area contributed by atoms with Crippen molar-refractivity contribution >= 4 is 28.0 Å². The molecule has 0 saturated heterocycles. The second-order valence-electron chi connectivity index (χ2n) is 5.21. The minimum Gasteiger partial charge on any atom is -0.264 e. The number of rotatable bonds is 2.